The van der Waals surface area contributed by atoms with Crippen LogP contribution in [0.3, 0.4) is 0 Å². The molecule has 1 aromatic heterocycles. The molecule has 3 nitrogen and oxygen atoms in total. The number of rotatable bonds is 3. The standard InChI is InChI=1S/C15H21N3/c1-10-7-11(2)15(12(3)8-10)14(16)9-18-13(4)5-6-17-18/h5-8,14H,9,16H2,1-4H3. The molecule has 0 bridgehead atoms. The van der Waals surface area contributed by atoms with Crippen LogP contribution in [0.5, 0.6) is 0 Å². The monoisotopic (exact) mass is 243 g/mol. The lowest BCUT2D eigenvalue weighted by atomic mass is 9.94. The summed E-state index contributed by atoms with van der Waals surface area (Å²) in [5.74, 6) is 0. The fourth-order valence-corrected chi connectivity index (χ4v) is 2.64. The molecule has 0 aliphatic rings. The summed E-state index contributed by atoms with van der Waals surface area (Å²) in [5.41, 5.74) is 12.6. The van der Waals surface area contributed by atoms with Gasteiger partial charge in [-0.05, 0) is 50.5 Å². The molecule has 2 N–H and O–H groups in total. The van der Waals surface area contributed by atoms with Gasteiger partial charge in [0, 0.05) is 17.9 Å². The van der Waals surface area contributed by atoms with Gasteiger partial charge in [-0.2, -0.15) is 5.10 Å². The van der Waals surface area contributed by atoms with Gasteiger partial charge in [-0.15, -0.1) is 0 Å². The first-order valence-electron chi connectivity index (χ1n) is 6.30. The van der Waals surface area contributed by atoms with Crippen molar-refractivity contribution >= 4 is 0 Å². The van der Waals surface area contributed by atoms with E-state index in [1.807, 2.05) is 16.9 Å². The van der Waals surface area contributed by atoms with E-state index in [-0.39, 0.29) is 6.04 Å². The zero-order valence-electron chi connectivity index (χ0n) is 11.6. The first-order valence-corrected chi connectivity index (χ1v) is 6.30. The highest BCUT2D eigenvalue weighted by molar-refractivity contribution is 5.39. The number of nitrogens with two attached hydrogens (primary N) is 1. The molecule has 0 saturated heterocycles. The minimum atomic E-state index is -0.0100. The topological polar surface area (TPSA) is 43.8 Å². The van der Waals surface area contributed by atoms with Crippen LogP contribution in [-0.2, 0) is 6.54 Å². The van der Waals surface area contributed by atoms with E-state index in [4.69, 9.17) is 5.73 Å². The highest BCUT2D eigenvalue weighted by Crippen LogP contribution is 2.23. The van der Waals surface area contributed by atoms with Gasteiger partial charge in [0.2, 0.25) is 0 Å². The lowest BCUT2D eigenvalue weighted by Gasteiger charge is -2.19. The van der Waals surface area contributed by atoms with Crippen molar-refractivity contribution in [2.45, 2.75) is 40.3 Å². The molecule has 0 radical (unpaired) electrons. The van der Waals surface area contributed by atoms with Crippen LogP contribution >= 0.6 is 0 Å². The summed E-state index contributed by atoms with van der Waals surface area (Å²) in [4.78, 5) is 0. The molecule has 0 aliphatic heterocycles. The highest BCUT2D eigenvalue weighted by Gasteiger charge is 2.14. The molecular weight excluding hydrogens is 222 g/mol. The average molecular weight is 243 g/mol. The van der Waals surface area contributed by atoms with Crippen molar-refractivity contribution in [3.63, 3.8) is 0 Å². The van der Waals surface area contributed by atoms with Gasteiger partial charge in [0.1, 0.15) is 0 Å². The van der Waals surface area contributed by atoms with E-state index in [0.717, 1.165) is 12.2 Å². The van der Waals surface area contributed by atoms with Gasteiger partial charge in [-0.3, -0.25) is 4.68 Å². The first-order chi connectivity index (χ1) is 8.49. The second kappa shape index (κ2) is 4.94. The third-order valence-electron chi connectivity index (χ3n) is 3.41. The van der Waals surface area contributed by atoms with E-state index in [1.165, 1.54) is 22.3 Å². The number of nitrogens with zero attached hydrogens (tertiary/aromatic N) is 2. The van der Waals surface area contributed by atoms with Crippen molar-refractivity contribution in [1.29, 1.82) is 0 Å². The third-order valence-corrected chi connectivity index (χ3v) is 3.41. The summed E-state index contributed by atoms with van der Waals surface area (Å²) >= 11 is 0. The molecule has 2 aromatic rings. The average Bonchev–Trinajstić information content (AvgIpc) is 2.62. The van der Waals surface area contributed by atoms with Gasteiger partial charge in [-0.25, -0.2) is 0 Å². The van der Waals surface area contributed by atoms with Crippen LogP contribution < -0.4 is 5.73 Å². The van der Waals surface area contributed by atoms with Crippen molar-refractivity contribution < 1.29 is 0 Å². The molecule has 1 aromatic carbocycles. The van der Waals surface area contributed by atoms with E-state index in [2.05, 4.69) is 44.9 Å². The zero-order chi connectivity index (χ0) is 13.3. The van der Waals surface area contributed by atoms with E-state index in [0.29, 0.717) is 0 Å². The molecule has 3 heteroatoms. The fourth-order valence-electron chi connectivity index (χ4n) is 2.64. The van der Waals surface area contributed by atoms with Crippen LogP contribution in [0.15, 0.2) is 24.4 Å². The Kier molecular flexibility index (Phi) is 3.53. The van der Waals surface area contributed by atoms with Crippen LogP contribution in [0, 0.1) is 27.7 Å². The zero-order valence-corrected chi connectivity index (χ0v) is 11.6. The van der Waals surface area contributed by atoms with Crippen molar-refractivity contribution in [1.82, 2.24) is 9.78 Å². The minimum absolute atomic E-state index is 0.0100. The maximum Gasteiger partial charge on any atom is 0.0605 e. The smallest absolute Gasteiger partial charge is 0.0605 e. The molecule has 0 aliphatic carbocycles. The van der Waals surface area contributed by atoms with Gasteiger partial charge in [0.25, 0.3) is 0 Å². The van der Waals surface area contributed by atoms with Crippen LogP contribution in [-0.4, -0.2) is 9.78 Å². The van der Waals surface area contributed by atoms with E-state index >= 15 is 0 Å². The summed E-state index contributed by atoms with van der Waals surface area (Å²) < 4.78 is 1.96. The predicted octanol–water partition coefficient (Wildman–Crippen LogP) is 2.82. The molecule has 0 spiro atoms. The molecule has 0 fully saturated rings. The Hall–Kier alpha value is -1.61. The van der Waals surface area contributed by atoms with Gasteiger partial charge in [-0.1, -0.05) is 17.7 Å². The second-order valence-corrected chi connectivity index (χ2v) is 5.07. The van der Waals surface area contributed by atoms with Crippen molar-refractivity contribution in [2.75, 3.05) is 0 Å². The van der Waals surface area contributed by atoms with Crippen molar-refractivity contribution in [3.8, 4) is 0 Å². The summed E-state index contributed by atoms with van der Waals surface area (Å²) in [5, 5.41) is 4.29. The maximum absolute atomic E-state index is 6.35. The Balaban J connectivity index is 2.29. The normalized spacial score (nSPS) is 12.7. The second-order valence-electron chi connectivity index (χ2n) is 5.07. The SMILES string of the molecule is Cc1cc(C)c(C(N)Cn2nccc2C)c(C)c1. The largest absolute Gasteiger partial charge is 0.322 e. The van der Waals surface area contributed by atoms with Gasteiger partial charge >= 0.3 is 0 Å². The van der Waals surface area contributed by atoms with Crippen LogP contribution in [0.2, 0.25) is 0 Å². The summed E-state index contributed by atoms with van der Waals surface area (Å²) in [6.45, 7) is 9.15. The summed E-state index contributed by atoms with van der Waals surface area (Å²) in [7, 11) is 0. The van der Waals surface area contributed by atoms with Crippen LogP contribution in [0.4, 0.5) is 0 Å². The number of aryl methyl sites for hydroxylation is 4. The Morgan fingerprint density at radius 1 is 1.17 bits per heavy atom. The number of benzene rings is 1. The van der Waals surface area contributed by atoms with Crippen molar-refractivity contribution in [2.24, 2.45) is 5.73 Å². The summed E-state index contributed by atoms with van der Waals surface area (Å²) in [6.07, 6.45) is 1.82. The predicted molar refractivity (Wildman–Crippen MR) is 74.5 cm³/mol. The first kappa shape index (κ1) is 12.8. The van der Waals surface area contributed by atoms with Gasteiger partial charge in [0.15, 0.2) is 0 Å². The molecule has 2 rings (SSSR count). The van der Waals surface area contributed by atoms with Crippen molar-refractivity contribution in [3.05, 3.63) is 52.3 Å². The number of aromatic nitrogens is 2. The Labute approximate surface area is 109 Å². The van der Waals surface area contributed by atoms with E-state index < -0.39 is 0 Å². The number of hydrogen-bond donors (Lipinski definition) is 1. The Morgan fingerprint density at radius 3 is 2.28 bits per heavy atom. The third kappa shape index (κ3) is 2.46. The molecule has 0 amide bonds. The lowest BCUT2D eigenvalue weighted by Crippen LogP contribution is -2.21. The molecular formula is C15H21N3. The molecule has 1 atom stereocenters. The van der Waals surface area contributed by atoms with Gasteiger partial charge < -0.3 is 5.73 Å². The Morgan fingerprint density at radius 2 is 1.78 bits per heavy atom. The van der Waals surface area contributed by atoms with Gasteiger partial charge in [0.05, 0.1) is 6.54 Å². The maximum atomic E-state index is 6.35. The minimum Gasteiger partial charge on any atom is -0.322 e. The number of hydrogen-bond acceptors (Lipinski definition) is 2. The molecule has 1 unspecified atom stereocenters. The molecule has 1 heterocycles. The quantitative estimate of drug-likeness (QED) is 0.901. The van der Waals surface area contributed by atoms with Crippen LogP contribution in [0.1, 0.15) is 34.0 Å². The molecule has 18 heavy (non-hydrogen) atoms. The highest BCUT2D eigenvalue weighted by atomic mass is 15.3. The molecule has 96 valence electrons. The van der Waals surface area contributed by atoms with E-state index in [9.17, 15) is 0 Å². The van der Waals surface area contributed by atoms with Crippen LogP contribution in [0.25, 0.3) is 0 Å². The summed E-state index contributed by atoms with van der Waals surface area (Å²) in [6, 6.07) is 6.38. The Bertz CT molecular complexity index is 532. The lowest BCUT2D eigenvalue weighted by molar-refractivity contribution is 0.514. The van der Waals surface area contributed by atoms with E-state index in [1.54, 1.807) is 0 Å². The fraction of sp³-hybridized carbons (Fsp3) is 0.400. The molecule has 0 saturated carbocycles.